The number of oxazole rings is 1. The molecule has 1 aliphatic rings. The van der Waals surface area contributed by atoms with Crippen molar-refractivity contribution in [2.75, 3.05) is 13.1 Å². The second-order valence-electron chi connectivity index (χ2n) is 12.4. The van der Waals surface area contributed by atoms with Crippen molar-refractivity contribution in [2.45, 2.75) is 66.6 Å². The number of aromatic nitrogens is 3. The van der Waals surface area contributed by atoms with Gasteiger partial charge in [-0.25, -0.2) is 9.97 Å². The van der Waals surface area contributed by atoms with Crippen LogP contribution in [0.3, 0.4) is 0 Å². The van der Waals surface area contributed by atoms with Gasteiger partial charge in [-0.15, -0.1) is 11.3 Å². The van der Waals surface area contributed by atoms with E-state index >= 15 is 0 Å². The first kappa shape index (κ1) is 33.5. The highest BCUT2D eigenvalue weighted by atomic mass is 32.1. The first-order valence-electron chi connectivity index (χ1n) is 15.5. The molecular weight excluding hydrogens is 622 g/mol. The molecule has 0 radical (unpaired) electrons. The summed E-state index contributed by atoms with van der Waals surface area (Å²) in [7, 11) is 0. The number of carbonyl (C=O) groups is 4. The van der Waals surface area contributed by atoms with E-state index in [-0.39, 0.29) is 53.5 Å². The smallest absolute Gasteiger partial charge is 0.273 e. The zero-order valence-corrected chi connectivity index (χ0v) is 28.2. The van der Waals surface area contributed by atoms with E-state index in [4.69, 9.17) is 8.94 Å². The number of nitrogens with zero attached hydrogens (tertiary/aromatic N) is 4. The van der Waals surface area contributed by atoms with E-state index in [1.807, 2.05) is 58.0 Å². The van der Waals surface area contributed by atoms with Crippen LogP contribution < -0.4 is 16.0 Å². The normalized spacial score (nSPS) is 19.6. The molecule has 0 aliphatic carbocycles. The van der Waals surface area contributed by atoms with Crippen molar-refractivity contribution in [3.63, 3.8) is 0 Å². The number of fused-ring (bicyclic) bond motifs is 4. The van der Waals surface area contributed by atoms with Gasteiger partial charge in [-0.05, 0) is 32.6 Å². The van der Waals surface area contributed by atoms with Crippen LogP contribution in [0.4, 0.5) is 0 Å². The number of nitrogens with one attached hydrogen (secondary N) is 3. The maximum absolute atomic E-state index is 14.2. The molecule has 3 atom stereocenters. The van der Waals surface area contributed by atoms with E-state index in [0.29, 0.717) is 22.0 Å². The predicted molar refractivity (Wildman–Crippen MR) is 174 cm³/mol. The molecule has 4 amide bonds. The summed E-state index contributed by atoms with van der Waals surface area (Å²) < 4.78 is 11.3. The highest BCUT2D eigenvalue weighted by Crippen LogP contribution is 2.29. The minimum Gasteiger partial charge on any atom is -0.443 e. The number of hydrogen-bond donors (Lipinski definition) is 3. The van der Waals surface area contributed by atoms with Crippen LogP contribution in [0.25, 0.3) is 11.3 Å². The Morgan fingerprint density at radius 3 is 2.30 bits per heavy atom. The summed E-state index contributed by atoms with van der Waals surface area (Å²) in [5.74, 6) is -1.33. The molecule has 0 fully saturated rings. The summed E-state index contributed by atoms with van der Waals surface area (Å²) in [6.45, 7) is 12.3. The molecule has 4 bridgehead atoms. The summed E-state index contributed by atoms with van der Waals surface area (Å²) in [6, 6.07) is 7.37. The molecule has 47 heavy (non-hydrogen) atoms. The lowest BCUT2D eigenvalue weighted by Crippen LogP contribution is -2.49. The molecule has 14 heteroatoms. The topological polar surface area (TPSA) is 173 Å². The van der Waals surface area contributed by atoms with Crippen LogP contribution in [0.5, 0.6) is 0 Å². The third kappa shape index (κ3) is 7.27. The quantitative estimate of drug-likeness (QED) is 0.282. The van der Waals surface area contributed by atoms with Gasteiger partial charge < -0.3 is 29.8 Å². The Morgan fingerprint density at radius 1 is 0.915 bits per heavy atom. The van der Waals surface area contributed by atoms with Crippen LogP contribution in [0.15, 0.2) is 44.7 Å². The van der Waals surface area contributed by atoms with Crippen molar-refractivity contribution in [3.05, 3.63) is 75.1 Å². The van der Waals surface area contributed by atoms with Crippen molar-refractivity contribution < 1.29 is 28.1 Å². The Morgan fingerprint density at radius 2 is 1.62 bits per heavy atom. The van der Waals surface area contributed by atoms with Crippen molar-refractivity contribution in [3.8, 4) is 11.3 Å². The molecule has 0 spiro atoms. The summed E-state index contributed by atoms with van der Waals surface area (Å²) in [4.78, 5) is 65.0. The lowest BCUT2D eigenvalue weighted by Gasteiger charge is -2.28. The van der Waals surface area contributed by atoms with Gasteiger partial charge in [-0.1, -0.05) is 63.2 Å². The molecule has 0 saturated heterocycles. The molecule has 3 N–H and O–H groups in total. The van der Waals surface area contributed by atoms with Crippen LogP contribution in [0, 0.1) is 25.7 Å². The van der Waals surface area contributed by atoms with Gasteiger partial charge in [0.05, 0.1) is 12.6 Å². The fraction of sp³-hybridized carbons (Fsp3) is 0.424. The van der Waals surface area contributed by atoms with Gasteiger partial charge >= 0.3 is 0 Å². The van der Waals surface area contributed by atoms with Crippen molar-refractivity contribution >= 4 is 35.0 Å². The van der Waals surface area contributed by atoms with Gasteiger partial charge in [0, 0.05) is 23.5 Å². The Labute approximate surface area is 276 Å². The molecule has 13 nitrogen and oxygen atoms in total. The molecule has 5 rings (SSSR count). The minimum absolute atomic E-state index is 0.0149. The van der Waals surface area contributed by atoms with Crippen molar-refractivity contribution in [1.82, 2.24) is 36.0 Å². The molecule has 248 valence electrons. The standard InChI is InChI=1S/C33H39N7O6S/c1-16(2)25-31-38-27(20(7)45-31)30(43)34-18(5)13-40(33(44)24-19(6)46-39-28(24)21-11-9-8-10-12-21)14-23(41)36-26(17(3)4)32-35-22(15-47-32)29(42)37-25/h8-12,15-18,25-26H,13-14H2,1-7H3,(H,34,43)(H,36,41)(H,37,42)/t18-,25-,26+/m1/s1. The second kappa shape index (κ2) is 13.9. The van der Waals surface area contributed by atoms with Gasteiger partial charge in [0.15, 0.2) is 5.69 Å². The molecule has 1 aromatic carbocycles. The largest absolute Gasteiger partial charge is 0.443 e. The van der Waals surface area contributed by atoms with E-state index in [0.717, 1.165) is 0 Å². The molecule has 4 aromatic rings. The lowest BCUT2D eigenvalue weighted by molar-refractivity contribution is -0.122. The summed E-state index contributed by atoms with van der Waals surface area (Å²) in [5, 5.41) is 15.2. The highest BCUT2D eigenvalue weighted by molar-refractivity contribution is 7.09. The van der Waals surface area contributed by atoms with Crippen molar-refractivity contribution in [2.24, 2.45) is 11.8 Å². The van der Waals surface area contributed by atoms with E-state index in [9.17, 15) is 19.2 Å². The lowest BCUT2D eigenvalue weighted by atomic mass is 10.0. The minimum atomic E-state index is -0.636. The predicted octanol–water partition coefficient (Wildman–Crippen LogP) is 4.62. The number of aryl methyl sites for hydroxylation is 2. The Bertz CT molecular complexity index is 1780. The molecule has 0 saturated carbocycles. The Kier molecular flexibility index (Phi) is 9.89. The summed E-state index contributed by atoms with van der Waals surface area (Å²) in [6.07, 6.45) is 0. The number of hydrogen-bond acceptors (Lipinski definition) is 10. The zero-order valence-electron chi connectivity index (χ0n) is 27.4. The number of carbonyl (C=O) groups excluding carboxylic acids is 4. The fourth-order valence-corrected chi connectivity index (χ4v) is 6.41. The Hall–Kier alpha value is -4.85. The zero-order chi connectivity index (χ0) is 34.0. The van der Waals surface area contributed by atoms with Crippen LogP contribution in [0.1, 0.15) is 100 Å². The van der Waals surface area contributed by atoms with E-state index in [2.05, 4.69) is 31.1 Å². The van der Waals surface area contributed by atoms with Gasteiger partial charge in [0.25, 0.3) is 17.7 Å². The summed E-state index contributed by atoms with van der Waals surface area (Å²) in [5.41, 5.74) is 1.49. The number of thiazole rings is 1. The molecule has 3 aromatic heterocycles. The SMILES string of the molecule is Cc1oc2nc1C(=O)N[C@H](C)CN(C(=O)c1c(-c3ccccc3)noc1C)CC(=O)N[C@@H](C(C)C)c1nc(cs1)C(=O)N[C@@H]2C(C)C. The van der Waals surface area contributed by atoms with E-state index < -0.39 is 41.8 Å². The second-order valence-corrected chi connectivity index (χ2v) is 13.3. The maximum Gasteiger partial charge on any atom is 0.273 e. The third-order valence-corrected chi connectivity index (χ3v) is 8.80. The molecular formula is C33H39N7O6S. The van der Waals surface area contributed by atoms with Crippen LogP contribution in [-0.2, 0) is 4.79 Å². The van der Waals surface area contributed by atoms with Crippen LogP contribution in [0.2, 0.25) is 0 Å². The molecule has 4 heterocycles. The number of benzene rings is 1. The van der Waals surface area contributed by atoms with Crippen molar-refractivity contribution in [1.29, 1.82) is 0 Å². The van der Waals surface area contributed by atoms with Gasteiger partial charge in [0.1, 0.15) is 39.5 Å². The van der Waals surface area contributed by atoms with Crippen LogP contribution >= 0.6 is 11.3 Å². The number of rotatable bonds is 4. The van der Waals surface area contributed by atoms with E-state index in [1.165, 1.54) is 16.2 Å². The maximum atomic E-state index is 14.2. The molecule has 1 aliphatic heterocycles. The third-order valence-electron chi connectivity index (χ3n) is 7.87. The average Bonchev–Trinajstić information content (AvgIpc) is 3.76. The molecule has 0 unspecified atom stereocenters. The van der Waals surface area contributed by atoms with E-state index in [1.54, 1.807) is 26.2 Å². The van der Waals surface area contributed by atoms with Gasteiger partial charge in [-0.3, -0.25) is 19.2 Å². The fourth-order valence-electron chi connectivity index (χ4n) is 5.39. The Balaban J connectivity index is 1.54. The van der Waals surface area contributed by atoms with Gasteiger partial charge in [0.2, 0.25) is 11.8 Å². The monoisotopic (exact) mass is 661 g/mol. The van der Waals surface area contributed by atoms with Crippen LogP contribution in [-0.4, -0.2) is 62.8 Å². The van der Waals surface area contributed by atoms with Gasteiger partial charge in [-0.2, -0.15) is 0 Å². The highest BCUT2D eigenvalue weighted by Gasteiger charge is 2.33. The number of amides is 4. The first-order chi connectivity index (χ1) is 22.3. The average molecular weight is 662 g/mol. The first-order valence-corrected chi connectivity index (χ1v) is 16.4. The summed E-state index contributed by atoms with van der Waals surface area (Å²) >= 11 is 1.26.